The summed E-state index contributed by atoms with van der Waals surface area (Å²) in [5, 5.41) is 2.99. The Kier molecular flexibility index (Phi) is 12.1. The van der Waals surface area contributed by atoms with Gasteiger partial charge in [0.05, 0.1) is 17.0 Å². The van der Waals surface area contributed by atoms with Crippen LogP contribution in [0.15, 0.2) is 30.7 Å². The van der Waals surface area contributed by atoms with Crippen LogP contribution in [0.5, 0.6) is 11.5 Å². The Bertz CT molecular complexity index is 1530. The zero-order valence-electron chi connectivity index (χ0n) is 29.2. The fourth-order valence-electron chi connectivity index (χ4n) is 8.37. The lowest BCUT2D eigenvalue weighted by Crippen LogP contribution is -2.60. The molecule has 1 aromatic heterocycles. The SMILES string of the molecule is CC(C)N(C(=O)c1cc(F)ccc1Oc1cncnc1N1CC[C@@H](CN2CC3(CCC(NS(=O)(=O)C4CCNCC4)CC3)C2)C1)C(C)C.Cl. The molecule has 3 aliphatic heterocycles. The number of carbonyl (C=O) groups is 1. The minimum absolute atomic E-state index is 0. The molecule has 0 radical (unpaired) electrons. The van der Waals surface area contributed by atoms with Gasteiger partial charge >= 0.3 is 0 Å². The molecule has 11 nitrogen and oxygen atoms in total. The Balaban J connectivity index is 0.00000468. The number of aromatic nitrogens is 2. The van der Waals surface area contributed by atoms with E-state index >= 15 is 0 Å². The van der Waals surface area contributed by atoms with E-state index in [1.807, 2.05) is 27.7 Å². The van der Waals surface area contributed by atoms with E-state index in [0.29, 0.717) is 35.7 Å². The molecule has 4 heterocycles. The molecule has 1 aromatic carbocycles. The molecule has 4 aliphatic rings. The summed E-state index contributed by atoms with van der Waals surface area (Å²) in [5.41, 5.74) is 0.486. The van der Waals surface area contributed by atoms with E-state index in [4.69, 9.17) is 4.74 Å². The zero-order valence-corrected chi connectivity index (χ0v) is 30.9. The standard InChI is InChI=1S/C35H52FN7O4S.ClH/c1-24(2)43(25(3)4)34(44)30-17-27(36)5-6-31(30)47-32-18-38-23-39-33(32)42-16-11-26(20-42)19-41-21-35(22-41)12-7-28(8-13-35)40-48(45,46)29-9-14-37-15-10-29;/h5-6,17-18,23-26,28-29,37,40H,7-16,19-22H2,1-4H3;1H/t26-;/m0./s1. The molecular formula is C35H53ClFN7O4S. The molecule has 1 atom stereocenters. The van der Waals surface area contributed by atoms with E-state index in [2.05, 4.69) is 29.8 Å². The monoisotopic (exact) mass is 721 g/mol. The highest BCUT2D eigenvalue weighted by Gasteiger charge is 2.46. The Hall–Kier alpha value is -2.58. The molecule has 0 bridgehead atoms. The molecule has 14 heteroatoms. The normalized spacial score (nSPS) is 21.9. The Labute approximate surface area is 297 Å². The first-order valence-electron chi connectivity index (χ1n) is 17.7. The van der Waals surface area contributed by atoms with Crippen molar-refractivity contribution in [2.75, 3.05) is 50.7 Å². The highest BCUT2D eigenvalue weighted by atomic mass is 35.5. The number of carbonyl (C=O) groups excluding carboxylic acids is 1. The quantitative estimate of drug-likeness (QED) is 0.336. The van der Waals surface area contributed by atoms with Crippen LogP contribution in [0.4, 0.5) is 10.2 Å². The van der Waals surface area contributed by atoms with Gasteiger partial charge in [-0.15, -0.1) is 12.4 Å². The molecule has 1 saturated carbocycles. The van der Waals surface area contributed by atoms with E-state index in [0.717, 1.165) is 77.9 Å². The molecule has 6 rings (SSSR count). The molecule has 4 fully saturated rings. The Morgan fingerprint density at radius 2 is 1.78 bits per heavy atom. The number of ether oxygens (including phenoxy) is 1. The number of hydrogen-bond donors (Lipinski definition) is 2. The van der Waals surface area contributed by atoms with Crippen molar-refractivity contribution < 1.29 is 22.3 Å². The van der Waals surface area contributed by atoms with Crippen molar-refractivity contribution in [3.63, 3.8) is 0 Å². The summed E-state index contributed by atoms with van der Waals surface area (Å²) in [6.07, 6.45) is 9.51. The van der Waals surface area contributed by atoms with E-state index in [-0.39, 0.29) is 53.0 Å². The minimum atomic E-state index is -3.26. The highest BCUT2D eigenvalue weighted by Crippen LogP contribution is 2.45. The molecule has 0 unspecified atom stereocenters. The predicted octanol–water partition coefficient (Wildman–Crippen LogP) is 4.83. The Morgan fingerprint density at radius 3 is 2.45 bits per heavy atom. The minimum Gasteiger partial charge on any atom is -0.451 e. The van der Waals surface area contributed by atoms with Gasteiger partial charge in [0, 0.05) is 50.8 Å². The van der Waals surface area contributed by atoms with E-state index < -0.39 is 15.8 Å². The number of nitrogens with zero attached hydrogens (tertiary/aromatic N) is 5. The maximum atomic E-state index is 14.4. The van der Waals surface area contributed by atoms with Crippen molar-refractivity contribution in [1.82, 2.24) is 29.8 Å². The van der Waals surface area contributed by atoms with Gasteiger partial charge in [-0.2, -0.15) is 0 Å². The largest absolute Gasteiger partial charge is 0.451 e. The Morgan fingerprint density at radius 1 is 1.08 bits per heavy atom. The van der Waals surface area contributed by atoms with Crippen LogP contribution < -0.4 is 19.7 Å². The third kappa shape index (κ3) is 8.66. The van der Waals surface area contributed by atoms with Gasteiger partial charge < -0.3 is 24.8 Å². The lowest BCUT2D eigenvalue weighted by molar-refractivity contribution is -0.0386. The van der Waals surface area contributed by atoms with Crippen molar-refractivity contribution in [3.8, 4) is 11.5 Å². The molecule has 272 valence electrons. The predicted molar refractivity (Wildman–Crippen MR) is 192 cm³/mol. The van der Waals surface area contributed by atoms with Crippen LogP contribution in [-0.4, -0.2) is 103 Å². The number of rotatable bonds is 11. The van der Waals surface area contributed by atoms with Gasteiger partial charge in [0.1, 0.15) is 17.9 Å². The van der Waals surface area contributed by atoms with E-state index in [9.17, 15) is 17.6 Å². The van der Waals surface area contributed by atoms with Crippen molar-refractivity contribution in [2.24, 2.45) is 11.3 Å². The van der Waals surface area contributed by atoms with Crippen molar-refractivity contribution >= 4 is 34.2 Å². The summed E-state index contributed by atoms with van der Waals surface area (Å²) in [5.74, 6) is 1.09. The van der Waals surface area contributed by atoms with Gasteiger partial charge in [0.25, 0.3) is 5.91 Å². The van der Waals surface area contributed by atoms with Crippen molar-refractivity contribution in [2.45, 2.75) is 96.0 Å². The fourth-order valence-corrected chi connectivity index (χ4v) is 10.1. The average Bonchev–Trinajstić information content (AvgIpc) is 3.50. The number of sulfonamides is 1. The molecule has 1 amide bonds. The van der Waals surface area contributed by atoms with Gasteiger partial charge in [-0.25, -0.2) is 27.5 Å². The second-order valence-electron chi connectivity index (χ2n) is 15.0. The first-order valence-corrected chi connectivity index (χ1v) is 19.3. The number of halogens is 2. The number of hydrogen-bond acceptors (Lipinski definition) is 9. The smallest absolute Gasteiger partial charge is 0.258 e. The third-order valence-electron chi connectivity index (χ3n) is 10.7. The van der Waals surface area contributed by atoms with Crippen LogP contribution in [0.25, 0.3) is 0 Å². The van der Waals surface area contributed by atoms with Crippen LogP contribution in [0.1, 0.15) is 83.0 Å². The summed E-state index contributed by atoms with van der Waals surface area (Å²) in [6.45, 7) is 14.2. The van der Waals surface area contributed by atoms with Gasteiger partial charge in [-0.3, -0.25) is 4.79 Å². The van der Waals surface area contributed by atoms with Gasteiger partial charge in [-0.1, -0.05) is 0 Å². The van der Waals surface area contributed by atoms with Crippen LogP contribution in [0, 0.1) is 17.2 Å². The van der Waals surface area contributed by atoms with Crippen LogP contribution in [0.2, 0.25) is 0 Å². The van der Waals surface area contributed by atoms with Crippen molar-refractivity contribution in [1.29, 1.82) is 0 Å². The number of anilines is 1. The zero-order chi connectivity index (χ0) is 34.1. The van der Waals surface area contributed by atoms with Crippen LogP contribution >= 0.6 is 12.4 Å². The molecule has 1 aliphatic carbocycles. The molecular weight excluding hydrogens is 669 g/mol. The summed E-state index contributed by atoms with van der Waals surface area (Å²) >= 11 is 0. The van der Waals surface area contributed by atoms with Gasteiger partial charge in [0.2, 0.25) is 10.0 Å². The maximum Gasteiger partial charge on any atom is 0.258 e. The third-order valence-corrected chi connectivity index (χ3v) is 12.7. The maximum absolute atomic E-state index is 14.4. The molecule has 49 heavy (non-hydrogen) atoms. The molecule has 2 N–H and O–H groups in total. The lowest BCUT2D eigenvalue weighted by Gasteiger charge is -2.54. The average molecular weight is 722 g/mol. The molecule has 3 saturated heterocycles. The number of nitrogens with one attached hydrogen (secondary N) is 2. The fraction of sp³-hybridized carbons (Fsp3) is 0.686. The number of amides is 1. The first-order chi connectivity index (χ1) is 22.9. The second-order valence-corrected chi connectivity index (χ2v) is 17.0. The first kappa shape index (κ1) is 37.7. The number of likely N-dealkylation sites (tertiary alicyclic amines) is 1. The van der Waals surface area contributed by atoms with Crippen LogP contribution in [0.3, 0.4) is 0 Å². The van der Waals surface area contributed by atoms with E-state index in [1.165, 1.54) is 24.5 Å². The van der Waals surface area contributed by atoms with Gasteiger partial charge in [-0.05, 0) is 115 Å². The summed E-state index contributed by atoms with van der Waals surface area (Å²) in [4.78, 5) is 28.8. The summed E-state index contributed by atoms with van der Waals surface area (Å²) in [7, 11) is -3.26. The van der Waals surface area contributed by atoms with Crippen LogP contribution in [-0.2, 0) is 10.0 Å². The number of piperidine rings is 1. The van der Waals surface area contributed by atoms with Crippen molar-refractivity contribution in [3.05, 3.63) is 42.1 Å². The second kappa shape index (κ2) is 15.8. The number of benzene rings is 1. The topological polar surface area (TPSA) is 120 Å². The lowest BCUT2D eigenvalue weighted by atomic mass is 9.67. The molecule has 1 spiro atoms. The van der Waals surface area contributed by atoms with Gasteiger partial charge in [0.15, 0.2) is 11.6 Å². The highest BCUT2D eigenvalue weighted by molar-refractivity contribution is 7.90. The molecule has 2 aromatic rings. The summed E-state index contributed by atoms with van der Waals surface area (Å²) < 4.78 is 49.6. The summed E-state index contributed by atoms with van der Waals surface area (Å²) in [6, 6.07) is 3.98. The van der Waals surface area contributed by atoms with E-state index in [1.54, 1.807) is 11.1 Å².